The molecule has 1 rings (SSSR count). The molecule has 0 bridgehead atoms. The zero-order valence-electron chi connectivity index (χ0n) is 10.5. The Morgan fingerprint density at radius 3 is 2.82 bits per heavy atom. The van der Waals surface area contributed by atoms with Crippen molar-refractivity contribution in [2.45, 2.75) is 26.9 Å². The fourth-order valence-corrected chi connectivity index (χ4v) is 1.32. The maximum atomic E-state index is 11.1. The normalized spacial score (nSPS) is 10.8. The summed E-state index contributed by atoms with van der Waals surface area (Å²) in [5.41, 5.74) is 0.913. The van der Waals surface area contributed by atoms with E-state index in [1.165, 1.54) is 6.08 Å². The molecule has 1 aromatic carbocycles. The molecule has 0 atom stereocenters. The van der Waals surface area contributed by atoms with Gasteiger partial charge in [0.1, 0.15) is 5.75 Å². The summed E-state index contributed by atoms with van der Waals surface area (Å²) in [5.74, 6) is 0.466. The Kier molecular flexibility index (Phi) is 5.27. The molecule has 0 fully saturated rings. The lowest BCUT2D eigenvalue weighted by Gasteiger charge is -2.09. The van der Waals surface area contributed by atoms with Gasteiger partial charge in [0.2, 0.25) is 0 Å². The van der Waals surface area contributed by atoms with E-state index in [2.05, 4.69) is 0 Å². The molecule has 0 spiro atoms. The standard InChI is InChI=1S/C14H18O3/c1-4-16-14(15)9-8-12-6-5-7-13(10-12)17-11(2)3/h5-11H,4H2,1-3H3/b9-8+. The predicted octanol–water partition coefficient (Wildman–Crippen LogP) is 3.05. The Hall–Kier alpha value is -1.77. The van der Waals surface area contributed by atoms with Gasteiger partial charge in [-0.15, -0.1) is 0 Å². The molecule has 92 valence electrons. The van der Waals surface area contributed by atoms with Crippen molar-refractivity contribution >= 4 is 12.0 Å². The summed E-state index contributed by atoms with van der Waals surface area (Å²) in [5, 5.41) is 0. The molecule has 3 heteroatoms. The van der Waals surface area contributed by atoms with E-state index in [4.69, 9.17) is 9.47 Å². The Balaban J connectivity index is 2.68. The molecule has 0 unspecified atom stereocenters. The number of carbonyl (C=O) groups excluding carboxylic acids is 1. The maximum Gasteiger partial charge on any atom is 0.330 e. The summed E-state index contributed by atoms with van der Waals surface area (Å²) in [6.07, 6.45) is 3.27. The topological polar surface area (TPSA) is 35.5 Å². The third-order valence-electron chi connectivity index (χ3n) is 1.93. The number of hydrogen-bond donors (Lipinski definition) is 0. The molecular formula is C14H18O3. The van der Waals surface area contributed by atoms with Crippen LogP contribution < -0.4 is 4.74 Å². The van der Waals surface area contributed by atoms with Crippen LogP contribution in [0.4, 0.5) is 0 Å². The van der Waals surface area contributed by atoms with Gasteiger partial charge in [-0.3, -0.25) is 0 Å². The van der Waals surface area contributed by atoms with Gasteiger partial charge in [0, 0.05) is 6.08 Å². The number of hydrogen-bond acceptors (Lipinski definition) is 3. The van der Waals surface area contributed by atoms with E-state index in [0.717, 1.165) is 11.3 Å². The van der Waals surface area contributed by atoms with Gasteiger partial charge in [-0.1, -0.05) is 12.1 Å². The summed E-state index contributed by atoms with van der Waals surface area (Å²) in [7, 11) is 0. The monoisotopic (exact) mass is 234 g/mol. The van der Waals surface area contributed by atoms with Crippen LogP contribution in [0.1, 0.15) is 26.3 Å². The average Bonchev–Trinajstić information content (AvgIpc) is 2.26. The largest absolute Gasteiger partial charge is 0.491 e. The van der Waals surface area contributed by atoms with Crippen molar-refractivity contribution in [1.29, 1.82) is 0 Å². The number of carbonyl (C=O) groups is 1. The lowest BCUT2D eigenvalue weighted by molar-refractivity contribution is -0.137. The molecule has 0 aromatic heterocycles. The van der Waals surface area contributed by atoms with E-state index in [1.54, 1.807) is 13.0 Å². The minimum absolute atomic E-state index is 0.138. The summed E-state index contributed by atoms with van der Waals surface area (Å²) in [4.78, 5) is 11.1. The van der Waals surface area contributed by atoms with Crippen LogP contribution in [0, 0.1) is 0 Å². The Morgan fingerprint density at radius 2 is 2.18 bits per heavy atom. The minimum Gasteiger partial charge on any atom is -0.491 e. The van der Waals surface area contributed by atoms with Crippen LogP contribution in [-0.4, -0.2) is 18.7 Å². The fourth-order valence-electron chi connectivity index (χ4n) is 1.32. The van der Waals surface area contributed by atoms with Crippen LogP contribution in [0.25, 0.3) is 6.08 Å². The van der Waals surface area contributed by atoms with Crippen LogP contribution in [0.15, 0.2) is 30.3 Å². The second-order valence-corrected chi connectivity index (χ2v) is 3.82. The van der Waals surface area contributed by atoms with Gasteiger partial charge in [0.05, 0.1) is 12.7 Å². The van der Waals surface area contributed by atoms with E-state index in [1.807, 2.05) is 38.1 Å². The van der Waals surface area contributed by atoms with Gasteiger partial charge in [0.25, 0.3) is 0 Å². The van der Waals surface area contributed by atoms with E-state index in [-0.39, 0.29) is 12.1 Å². The van der Waals surface area contributed by atoms with Gasteiger partial charge in [-0.05, 0) is 44.5 Å². The quantitative estimate of drug-likeness (QED) is 0.580. The highest BCUT2D eigenvalue weighted by atomic mass is 16.5. The molecular weight excluding hydrogens is 216 g/mol. The lowest BCUT2D eigenvalue weighted by Crippen LogP contribution is -2.05. The van der Waals surface area contributed by atoms with Crippen molar-refractivity contribution in [3.63, 3.8) is 0 Å². The molecule has 0 saturated heterocycles. The van der Waals surface area contributed by atoms with Crippen LogP contribution in [0.2, 0.25) is 0 Å². The fraction of sp³-hybridized carbons (Fsp3) is 0.357. The Labute approximate surface area is 102 Å². The van der Waals surface area contributed by atoms with Gasteiger partial charge < -0.3 is 9.47 Å². The molecule has 1 aromatic rings. The van der Waals surface area contributed by atoms with E-state index in [9.17, 15) is 4.79 Å². The van der Waals surface area contributed by atoms with Crippen LogP contribution in [0.3, 0.4) is 0 Å². The summed E-state index contributed by atoms with van der Waals surface area (Å²) in [6, 6.07) is 7.57. The molecule has 0 radical (unpaired) electrons. The highest BCUT2D eigenvalue weighted by Gasteiger charge is 1.98. The maximum absolute atomic E-state index is 11.1. The first-order valence-electron chi connectivity index (χ1n) is 5.73. The van der Waals surface area contributed by atoms with Crippen molar-refractivity contribution in [3.8, 4) is 5.75 Å². The molecule has 17 heavy (non-hydrogen) atoms. The molecule has 0 aliphatic rings. The van der Waals surface area contributed by atoms with Crippen molar-refractivity contribution in [1.82, 2.24) is 0 Å². The van der Waals surface area contributed by atoms with Crippen LogP contribution >= 0.6 is 0 Å². The highest BCUT2D eigenvalue weighted by molar-refractivity contribution is 5.87. The van der Waals surface area contributed by atoms with E-state index >= 15 is 0 Å². The van der Waals surface area contributed by atoms with Gasteiger partial charge in [-0.2, -0.15) is 0 Å². The van der Waals surface area contributed by atoms with Gasteiger partial charge in [0.15, 0.2) is 0 Å². The first-order valence-corrected chi connectivity index (χ1v) is 5.73. The summed E-state index contributed by atoms with van der Waals surface area (Å²) >= 11 is 0. The number of ether oxygens (including phenoxy) is 2. The Bertz CT molecular complexity index is 394. The predicted molar refractivity (Wildman–Crippen MR) is 67.9 cm³/mol. The van der Waals surface area contributed by atoms with Crippen LogP contribution in [0.5, 0.6) is 5.75 Å². The molecule has 3 nitrogen and oxygen atoms in total. The zero-order chi connectivity index (χ0) is 12.7. The van der Waals surface area contributed by atoms with E-state index < -0.39 is 0 Å². The molecule has 0 aliphatic heterocycles. The van der Waals surface area contributed by atoms with Crippen molar-refractivity contribution in [3.05, 3.63) is 35.9 Å². The third kappa shape index (κ3) is 5.20. The van der Waals surface area contributed by atoms with Crippen molar-refractivity contribution in [2.24, 2.45) is 0 Å². The number of benzene rings is 1. The Morgan fingerprint density at radius 1 is 1.41 bits per heavy atom. The third-order valence-corrected chi connectivity index (χ3v) is 1.93. The number of rotatable bonds is 5. The van der Waals surface area contributed by atoms with E-state index in [0.29, 0.717) is 6.61 Å². The average molecular weight is 234 g/mol. The molecule has 0 saturated carbocycles. The smallest absolute Gasteiger partial charge is 0.330 e. The molecule has 0 heterocycles. The summed E-state index contributed by atoms with van der Waals surface area (Å²) < 4.78 is 10.4. The first-order chi connectivity index (χ1) is 8.11. The second kappa shape index (κ2) is 6.74. The van der Waals surface area contributed by atoms with Crippen molar-refractivity contribution in [2.75, 3.05) is 6.61 Å². The van der Waals surface area contributed by atoms with Crippen molar-refractivity contribution < 1.29 is 14.3 Å². The molecule has 0 amide bonds. The number of esters is 1. The van der Waals surface area contributed by atoms with Crippen LogP contribution in [-0.2, 0) is 9.53 Å². The second-order valence-electron chi connectivity index (χ2n) is 3.82. The minimum atomic E-state index is -0.331. The first kappa shape index (κ1) is 13.3. The summed E-state index contributed by atoms with van der Waals surface area (Å²) in [6.45, 7) is 6.12. The van der Waals surface area contributed by atoms with Gasteiger partial charge in [-0.25, -0.2) is 4.79 Å². The SMILES string of the molecule is CCOC(=O)/C=C/c1cccc(OC(C)C)c1. The lowest BCUT2D eigenvalue weighted by atomic mass is 10.2. The highest BCUT2D eigenvalue weighted by Crippen LogP contribution is 2.15. The molecule has 0 aliphatic carbocycles. The van der Waals surface area contributed by atoms with Gasteiger partial charge >= 0.3 is 5.97 Å². The molecule has 0 N–H and O–H groups in total. The zero-order valence-corrected chi connectivity index (χ0v) is 10.5.